The van der Waals surface area contributed by atoms with E-state index in [-0.39, 0.29) is 0 Å². The zero-order valence-corrected chi connectivity index (χ0v) is 10.5. The van der Waals surface area contributed by atoms with E-state index in [1.54, 1.807) is 0 Å². The van der Waals surface area contributed by atoms with Crippen LogP contribution in [0.3, 0.4) is 0 Å². The third-order valence-corrected chi connectivity index (χ3v) is 2.74. The van der Waals surface area contributed by atoms with Crippen molar-refractivity contribution in [3.8, 4) is 0 Å². The number of nitrogens with one attached hydrogen (secondary N) is 1. The maximum atomic E-state index is 13.2. The SMILES string of the molecule is O=C(Nc1ccccc1F)C(C(F)(F)F)(C(F)(F)F)C(F)(F)F. The van der Waals surface area contributed by atoms with Gasteiger partial charge in [0.2, 0.25) is 0 Å². The molecule has 0 saturated carbocycles. The van der Waals surface area contributed by atoms with Crippen LogP contribution in [0.15, 0.2) is 24.3 Å². The Morgan fingerprint density at radius 2 is 1.17 bits per heavy atom. The predicted octanol–water partition coefficient (Wildman–Crippen LogP) is 4.44. The Labute approximate surface area is 121 Å². The summed E-state index contributed by atoms with van der Waals surface area (Å²) in [7, 11) is 0. The average molecular weight is 357 g/mol. The van der Waals surface area contributed by atoms with Crippen LogP contribution in [-0.2, 0) is 4.79 Å². The summed E-state index contributed by atoms with van der Waals surface area (Å²) in [6.45, 7) is 0. The number of anilines is 1. The van der Waals surface area contributed by atoms with Crippen LogP contribution in [-0.4, -0.2) is 24.4 Å². The number of carbonyl (C=O) groups is 1. The van der Waals surface area contributed by atoms with E-state index in [4.69, 9.17) is 0 Å². The number of hydrogen-bond acceptors (Lipinski definition) is 1. The number of hydrogen-bond donors (Lipinski definition) is 1. The molecule has 0 bridgehead atoms. The summed E-state index contributed by atoms with van der Waals surface area (Å²) < 4.78 is 127. The van der Waals surface area contributed by atoms with Gasteiger partial charge in [0.15, 0.2) is 0 Å². The summed E-state index contributed by atoms with van der Waals surface area (Å²) in [5.41, 5.74) is -7.96. The Morgan fingerprint density at radius 1 is 0.783 bits per heavy atom. The Morgan fingerprint density at radius 3 is 1.52 bits per heavy atom. The van der Waals surface area contributed by atoms with E-state index < -0.39 is 41.4 Å². The number of amides is 1. The minimum absolute atomic E-state index is 0.501. The van der Waals surface area contributed by atoms with Crippen molar-refractivity contribution in [2.75, 3.05) is 5.32 Å². The van der Waals surface area contributed by atoms with Crippen molar-refractivity contribution >= 4 is 11.6 Å². The highest BCUT2D eigenvalue weighted by Gasteiger charge is 2.88. The minimum Gasteiger partial charge on any atom is -0.322 e. The fourth-order valence-electron chi connectivity index (χ4n) is 1.65. The largest absolute Gasteiger partial charge is 0.421 e. The van der Waals surface area contributed by atoms with E-state index in [1.807, 2.05) is 0 Å². The van der Waals surface area contributed by atoms with E-state index >= 15 is 0 Å². The van der Waals surface area contributed by atoms with Crippen molar-refractivity contribution in [3.63, 3.8) is 0 Å². The second-order valence-corrected chi connectivity index (χ2v) is 4.18. The highest BCUT2D eigenvalue weighted by atomic mass is 19.4. The summed E-state index contributed by atoms with van der Waals surface area (Å²) in [5, 5.41) is 0.697. The van der Waals surface area contributed by atoms with Gasteiger partial charge in [0.25, 0.3) is 5.91 Å². The van der Waals surface area contributed by atoms with E-state index in [0.29, 0.717) is 17.4 Å². The van der Waals surface area contributed by atoms with Gasteiger partial charge in [0.05, 0.1) is 5.69 Å². The molecule has 130 valence electrons. The maximum absolute atomic E-state index is 13.2. The molecule has 0 heterocycles. The van der Waals surface area contributed by atoms with Gasteiger partial charge in [-0.25, -0.2) is 4.39 Å². The summed E-state index contributed by atoms with van der Waals surface area (Å²) in [4.78, 5) is 11.3. The molecule has 0 spiro atoms. The highest BCUT2D eigenvalue weighted by molar-refractivity contribution is 5.97. The second-order valence-electron chi connectivity index (χ2n) is 4.18. The number of benzene rings is 1. The molecule has 0 radical (unpaired) electrons. The van der Waals surface area contributed by atoms with E-state index in [2.05, 4.69) is 0 Å². The van der Waals surface area contributed by atoms with Crippen molar-refractivity contribution in [2.45, 2.75) is 18.5 Å². The molecule has 1 rings (SSSR count). The molecule has 0 unspecified atom stereocenters. The van der Waals surface area contributed by atoms with E-state index in [9.17, 15) is 48.7 Å². The van der Waals surface area contributed by atoms with Crippen LogP contribution in [0.25, 0.3) is 0 Å². The zero-order valence-electron chi connectivity index (χ0n) is 10.5. The van der Waals surface area contributed by atoms with Gasteiger partial charge < -0.3 is 5.32 Å². The standard InChI is InChI=1S/C11H5F10NO/c12-5-3-1-2-4-6(5)22-7(23)8(9(13,14)15,10(16,17)18)11(19,20)21/h1-4H,(H,22,23). The molecule has 0 aliphatic carbocycles. The lowest BCUT2D eigenvalue weighted by Gasteiger charge is -2.36. The van der Waals surface area contributed by atoms with Crippen LogP contribution in [0.1, 0.15) is 0 Å². The van der Waals surface area contributed by atoms with Crippen molar-refractivity contribution in [3.05, 3.63) is 30.1 Å². The molecule has 23 heavy (non-hydrogen) atoms. The van der Waals surface area contributed by atoms with Crippen molar-refractivity contribution in [2.24, 2.45) is 5.41 Å². The lowest BCUT2D eigenvalue weighted by Crippen LogP contribution is -2.65. The lowest BCUT2D eigenvalue weighted by atomic mass is 9.84. The van der Waals surface area contributed by atoms with E-state index in [0.717, 1.165) is 12.1 Å². The molecule has 0 aliphatic heterocycles. The monoisotopic (exact) mass is 357 g/mol. The molecule has 1 aromatic carbocycles. The van der Waals surface area contributed by atoms with Gasteiger partial charge in [0.1, 0.15) is 5.82 Å². The molecule has 1 aromatic rings. The Bertz CT molecular complexity index is 550. The van der Waals surface area contributed by atoms with Gasteiger partial charge >= 0.3 is 23.9 Å². The average Bonchev–Trinajstić information content (AvgIpc) is 2.26. The molecule has 1 N–H and O–H groups in total. The number of carbonyl (C=O) groups excluding carboxylic acids is 1. The third-order valence-electron chi connectivity index (χ3n) is 2.74. The molecule has 1 amide bonds. The van der Waals surface area contributed by atoms with Gasteiger partial charge in [-0.05, 0) is 12.1 Å². The zero-order chi connectivity index (χ0) is 18.3. The van der Waals surface area contributed by atoms with Crippen LogP contribution in [0.4, 0.5) is 49.6 Å². The van der Waals surface area contributed by atoms with Gasteiger partial charge in [-0.2, -0.15) is 39.5 Å². The minimum atomic E-state index is -7.06. The summed E-state index contributed by atoms with van der Waals surface area (Å²) in [6.07, 6.45) is -21.2. The molecule has 2 nitrogen and oxygen atoms in total. The second kappa shape index (κ2) is 5.57. The summed E-state index contributed by atoms with van der Waals surface area (Å²) in [5.74, 6) is -5.02. The normalized spacial score (nSPS) is 13.8. The smallest absolute Gasteiger partial charge is 0.322 e. The lowest BCUT2D eigenvalue weighted by molar-refractivity contribution is -0.405. The molecular formula is C11H5F10NO. The van der Waals surface area contributed by atoms with Gasteiger partial charge in [0, 0.05) is 0 Å². The molecule has 0 aliphatic rings. The predicted molar refractivity (Wildman–Crippen MR) is 55.6 cm³/mol. The Kier molecular flexibility index (Phi) is 4.61. The topological polar surface area (TPSA) is 29.1 Å². The number of halogens is 10. The fraction of sp³-hybridized carbons (Fsp3) is 0.364. The number of para-hydroxylation sites is 1. The van der Waals surface area contributed by atoms with Gasteiger partial charge in [-0.1, -0.05) is 12.1 Å². The molecule has 0 saturated heterocycles. The summed E-state index contributed by atoms with van der Waals surface area (Å²) >= 11 is 0. The quantitative estimate of drug-likeness (QED) is 0.780. The van der Waals surface area contributed by atoms with Crippen molar-refractivity contribution in [1.82, 2.24) is 0 Å². The van der Waals surface area contributed by atoms with Crippen molar-refractivity contribution < 1.29 is 48.7 Å². The van der Waals surface area contributed by atoms with E-state index in [1.165, 1.54) is 0 Å². The first-order valence-electron chi connectivity index (χ1n) is 5.42. The summed E-state index contributed by atoms with van der Waals surface area (Å²) in [6, 6.07) is 2.86. The molecular weight excluding hydrogens is 352 g/mol. The molecule has 0 atom stereocenters. The first-order valence-corrected chi connectivity index (χ1v) is 5.42. The van der Waals surface area contributed by atoms with Crippen molar-refractivity contribution in [1.29, 1.82) is 0 Å². The third kappa shape index (κ3) is 3.06. The first-order chi connectivity index (χ1) is 10.2. The first kappa shape index (κ1) is 19.0. The Hall–Kier alpha value is -2.01. The molecule has 0 fully saturated rings. The molecule has 12 heteroatoms. The maximum Gasteiger partial charge on any atom is 0.421 e. The van der Waals surface area contributed by atoms with Crippen LogP contribution < -0.4 is 5.32 Å². The van der Waals surface area contributed by atoms with Crippen LogP contribution in [0, 0.1) is 11.2 Å². The highest BCUT2D eigenvalue weighted by Crippen LogP contribution is 2.59. The van der Waals surface area contributed by atoms with Crippen LogP contribution >= 0.6 is 0 Å². The van der Waals surface area contributed by atoms with Gasteiger partial charge in [-0.15, -0.1) is 0 Å². The molecule has 0 aromatic heterocycles. The Balaban J connectivity index is 3.53. The number of alkyl halides is 9. The van der Waals surface area contributed by atoms with Gasteiger partial charge in [-0.3, -0.25) is 4.79 Å². The van der Waals surface area contributed by atoms with Crippen LogP contribution in [0.5, 0.6) is 0 Å². The van der Waals surface area contributed by atoms with Crippen LogP contribution in [0.2, 0.25) is 0 Å². The number of rotatable bonds is 2. The fourth-order valence-corrected chi connectivity index (χ4v) is 1.65.